The largest absolute Gasteiger partial charge is 0.442 e. The fraction of sp³-hybridized carbons (Fsp3) is 0.882. The van der Waals surface area contributed by atoms with Gasteiger partial charge < -0.3 is 4.74 Å². The van der Waals surface area contributed by atoms with Crippen molar-refractivity contribution in [1.29, 1.82) is 0 Å². The molecule has 0 spiro atoms. The molecule has 1 aliphatic heterocycles. The molecule has 5 rings (SSSR count). The molecule has 2 amide bonds. The van der Waals surface area contributed by atoms with Gasteiger partial charge in [-0.25, -0.2) is 9.69 Å². The Labute approximate surface area is 126 Å². The van der Waals surface area contributed by atoms with E-state index in [0.717, 1.165) is 24.2 Å². The molecule has 2 unspecified atom stereocenters. The van der Waals surface area contributed by atoms with E-state index < -0.39 is 11.7 Å². The minimum atomic E-state index is -0.459. The predicted octanol–water partition coefficient (Wildman–Crippen LogP) is 3.35. The van der Waals surface area contributed by atoms with E-state index in [9.17, 15) is 9.59 Å². The smallest absolute Gasteiger partial charge is 0.417 e. The Hall–Kier alpha value is -1.06. The maximum Gasteiger partial charge on any atom is 0.417 e. The van der Waals surface area contributed by atoms with E-state index in [1.807, 2.05) is 0 Å². The third-order valence-corrected chi connectivity index (χ3v) is 6.84. The standard InChI is InChI=1S/C17H25NO3/c1-16(2,21-15(20)18-5-3-4-14(18)19)17-8-11-6-12(9-17)13(7-11)10-17/h11-13H,3-10H2,1-2H3. The fourth-order valence-corrected chi connectivity index (χ4v) is 5.77. The fourth-order valence-electron chi connectivity index (χ4n) is 5.77. The molecule has 0 N–H and O–H groups in total. The molecule has 0 aromatic rings. The molecule has 4 bridgehead atoms. The summed E-state index contributed by atoms with van der Waals surface area (Å²) in [4.78, 5) is 25.4. The van der Waals surface area contributed by atoms with Crippen molar-refractivity contribution >= 4 is 12.0 Å². The predicted molar refractivity (Wildman–Crippen MR) is 77.5 cm³/mol. The highest BCUT2D eigenvalue weighted by Gasteiger charge is 2.62. The van der Waals surface area contributed by atoms with Crippen LogP contribution in [0.25, 0.3) is 0 Å². The zero-order chi connectivity index (χ0) is 14.8. The molecule has 21 heavy (non-hydrogen) atoms. The molecule has 2 atom stereocenters. The van der Waals surface area contributed by atoms with Crippen LogP contribution in [0, 0.1) is 23.2 Å². The third kappa shape index (κ3) is 1.87. The van der Waals surface area contributed by atoms with Crippen molar-refractivity contribution in [2.75, 3.05) is 6.54 Å². The van der Waals surface area contributed by atoms with Crippen LogP contribution in [0.1, 0.15) is 58.8 Å². The van der Waals surface area contributed by atoms with Gasteiger partial charge in [-0.15, -0.1) is 0 Å². The molecule has 0 aromatic heterocycles. The van der Waals surface area contributed by atoms with Crippen molar-refractivity contribution in [3.63, 3.8) is 0 Å². The van der Waals surface area contributed by atoms with E-state index in [2.05, 4.69) is 13.8 Å². The van der Waals surface area contributed by atoms with Gasteiger partial charge >= 0.3 is 6.09 Å². The van der Waals surface area contributed by atoms with Crippen molar-refractivity contribution < 1.29 is 14.3 Å². The van der Waals surface area contributed by atoms with Crippen molar-refractivity contribution in [2.24, 2.45) is 23.2 Å². The number of nitrogens with zero attached hydrogens (tertiary/aromatic N) is 1. The van der Waals surface area contributed by atoms with Crippen LogP contribution < -0.4 is 0 Å². The summed E-state index contributed by atoms with van der Waals surface area (Å²) in [6.07, 6.45) is 7.24. The van der Waals surface area contributed by atoms with Crippen molar-refractivity contribution in [3.8, 4) is 0 Å². The lowest BCUT2D eigenvalue weighted by Crippen LogP contribution is -2.51. The Morgan fingerprint density at radius 2 is 1.90 bits per heavy atom. The summed E-state index contributed by atoms with van der Waals surface area (Å²) in [7, 11) is 0. The summed E-state index contributed by atoms with van der Waals surface area (Å²) in [5, 5.41) is 0. The normalized spacial score (nSPS) is 41.1. The highest BCUT2D eigenvalue weighted by Crippen LogP contribution is 2.68. The maximum atomic E-state index is 12.4. The second kappa shape index (κ2) is 4.23. The zero-order valence-corrected chi connectivity index (χ0v) is 13.1. The third-order valence-electron chi connectivity index (χ3n) is 6.84. The molecule has 5 fully saturated rings. The molecular formula is C17H25NO3. The molecule has 5 aliphatic rings. The Morgan fingerprint density at radius 1 is 1.24 bits per heavy atom. The van der Waals surface area contributed by atoms with Gasteiger partial charge in [-0.1, -0.05) is 0 Å². The highest BCUT2D eigenvalue weighted by molar-refractivity contribution is 5.93. The first-order valence-corrected chi connectivity index (χ1v) is 8.44. The summed E-state index contributed by atoms with van der Waals surface area (Å²) in [5.41, 5.74) is -0.305. The molecule has 4 aliphatic carbocycles. The van der Waals surface area contributed by atoms with Gasteiger partial charge in [-0.3, -0.25) is 4.79 Å². The summed E-state index contributed by atoms with van der Waals surface area (Å²) >= 11 is 0. The lowest BCUT2D eigenvalue weighted by Gasteiger charge is -2.49. The minimum Gasteiger partial charge on any atom is -0.442 e. The van der Waals surface area contributed by atoms with Crippen LogP contribution in [-0.2, 0) is 9.53 Å². The summed E-state index contributed by atoms with van der Waals surface area (Å²) in [6.45, 7) is 4.66. The Bertz CT molecular complexity index is 479. The lowest BCUT2D eigenvalue weighted by atomic mass is 9.61. The Balaban J connectivity index is 1.51. The number of imide groups is 1. The quantitative estimate of drug-likeness (QED) is 0.784. The van der Waals surface area contributed by atoms with Gasteiger partial charge in [0.2, 0.25) is 5.91 Å². The first kappa shape index (κ1) is 13.6. The number of hydrogen-bond acceptors (Lipinski definition) is 3. The van der Waals surface area contributed by atoms with Crippen LogP contribution in [0.15, 0.2) is 0 Å². The number of carbonyl (C=O) groups is 2. The van der Waals surface area contributed by atoms with Gasteiger partial charge in [0, 0.05) is 18.4 Å². The average molecular weight is 291 g/mol. The first-order valence-electron chi connectivity index (χ1n) is 8.44. The number of hydrogen-bond donors (Lipinski definition) is 0. The monoisotopic (exact) mass is 291 g/mol. The SMILES string of the molecule is CC(C)(OC(=O)N1CCCC1=O)C12CC3CC(C1)C(C3)C2. The van der Waals surface area contributed by atoms with E-state index in [1.165, 1.54) is 37.0 Å². The van der Waals surface area contributed by atoms with E-state index >= 15 is 0 Å². The lowest BCUT2D eigenvalue weighted by molar-refractivity contribution is -0.131. The van der Waals surface area contributed by atoms with Crippen LogP contribution in [0.4, 0.5) is 4.79 Å². The van der Waals surface area contributed by atoms with Gasteiger partial charge in [0.1, 0.15) is 5.60 Å². The molecule has 0 aromatic carbocycles. The van der Waals surface area contributed by atoms with Gasteiger partial charge in [0.25, 0.3) is 0 Å². The number of amides is 2. The van der Waals surface area contributed by atoms with Gasteiger partial charge in [0.15, 0.2) is 0 Å². The molecule has 4 nitrogen and oxygen atoms in total. The van der Waals surface area contributed by atoms with Crippen molar-refractivity contribution in [1.82, 2.24) is 4.90 Å². The average Bonchev–Trinajstić information content (AvgIpc) is 3.01. The molecule has 1 heterocycles. The van der Waals surface area contributed by atoms with E-state index in [1.54, 1.807) is 0 Å². The topological polar surface area (TPSA) is 46.6 Å². The minimum absolute atomic E-state index is 0.0795. The van der Waals surface area contributed by atoms with E-state index in [-0.39, 0.29) is 11.3 Å². The van der Waals surface area contributed by atoms with Crippen LogP contribution in [0.5, 0.6) is 0 Å². The zero-order valence-electron chi connectivity index (χ0n) is 13.1. The second-order valence-corrected chi connectivity index (χ2v) is 8.28. The molecule has 4 saturated carbocycles. The Kier molecular flexibility index (Phi) is 2.74. The maximum absolute atomic E-state index is 12.4. The summed E-state index contributed by atoms with van der Waals surface area (Å²) in [5.74, 6) is 2.48. The van der Waals surface area contributed by atoms with Crippen molar-refractivity contribution in [2.45, 2.75) is 64.4 Å². The summed E-state index contributed by atoms with van der Waals surface area (Å²) < 4.78 is 5.89. The first-order chi connectivity index (χ1) is 9.90. The van der Waals surface area contributed by atoms with Crippen LogP contribution in [0.3, 0.4) is 0 Å². The number of carbonyl (C=O) groups excluding carboxylic acids is 2. The van der Waals surface area contributed by atoms with E-state index in [4.69, 9.17) is 4.74 Å². The number of rotatable bonds is 2. The van der Waals surface area contributed by atoms with Gasteiger partial charge in [-0.2, -0.15) is 0 Å². The van der Waals surface area contributed by atoms with Gasteiger partial charge in [0.05, 0.1) is 0 Å². The molecular weight excluding hydrogens is 266 g/mol. The highest BCUT2D eigenvalue weighted by atomic mass is 16.6. The van der Waals surface area contributed by atoms with Crippen LogP contribution >= 0.6 is 0 Å². The summed E-state index contributed by atoms with van der Waals surface area (Å²) in [6, 6.07) is 0. The molecule has 1 saturated heterocycles. The van der Waals surface area contributed by atoms with E-state index in [0.29, 0.717) is 13.0 Å². The number of ether oxygens (including phenoxy) is 1. The van der Waals surface area contributed by atoms with Gasteiger partial charge in [-0.05, 0) is 70.1 Å². The molecule has 0 radical (unpaired) electrons. The van der Waals surface area contributed by atoms with Crippen LogP contribution in [0.2, 0.25) is 0 Å². The number of likely N-dealkylation sites (tertiary alicyclic amines) is 1. The molecule has 116 valence electrons. The van der Waals surface area contributed by atoms with Crippen LogP contribution in [-0.4, -0.2) is 29.0 Å². The second-order valence-electron chi connectivity index (χ2n) is 8.28. The molecule has 4 heteroatoms. The van der Waals surface area contributed by atoms with Crippen molar-refractivity contribution in [3.05, 3.63) is 0 Å². The Morgan fingerprint density at radius 3 is 2.43 bits per heavy atom.